The molecule has 1 saturated heterocycles. The molecule has 1 unspecified atom stereocenters. The summed E-state index contributed by atoms with van der Waals surface area (Å²) >= 11 is 0. The van der Waals surface area contributed by atoms with Crippen molar-refractivity contribution in [2.24, 2.45) is 0 Å². The number of likely N-dealkylation sites (tertiary alicyclic amines) is 1. The van der Waals surface area contributed by atoms with Crippen LogP contribution in [0.5, 0.6) is 0 Å². The first-order chi connectivity index (χ1) is 14.4. The molecule has 0 radical (unpaired) electrons. The van der Waals surface area contributed by atoms with Gasteiger partial charge in [-0.2, -0.15) is 0 Å². The van der Waals surface area contributed by atoms with Gasteiger partial charge in [0.15, 0.2) is 0 Å². The molecule has 2 aromatic rings. The van der Waals surface area contributed by atoms with Crippen LogP contribution in [0.1, 0.15) is 36.6 Å². The molecule has 1 atom stereocenters. The lowest BCUT2D eigenvalue weighted by atomic mass is 9.95. The Kier molecular flexibility index (Phi) is 6.62. The highest BCUT2D eigenvalue weighted by Gasteiger charge is 2.45. The molecular weight excluding hydrogens is 385 g/mol. The van der Waals surface area contributed by atoms with E-state index in [1.807, 2.05) is 13.8 Å². The standard InChI is InChI=1S/C23H26FN3O3/c1-4-26(5-2)12-13-27-20(16-8-10-25-11-9-16)19(22(29)23(27)30)21(28)17-6-7-18(24)15(3)14-17/h6-11,14,20,28H,4-5,12-13H2,1-3H3/b21-19-. The molecule has 0 saturated carbocycles. The van der Waals surface area contributed by atoms with Crippen LogP contribution >= 0.6 is 0 Å². The number of benzene rings is 1. The number of hydrogen-bond acceptors (Lipinski definition) is 5. The molecule has 7 heteroatoms. The number of halogens is 1. The van der Waals surface area contributed by atoms with E-state index in [4.69, 9.17) is 0 Å². The molecule has 0 aliphatic carbocycles. The van der Waals surface area contributed by atoms with Gasteiger partial charge >= 0.3 is 0 Å². The second-order valence-electron chi connectivity index (χ2n) is 7.26. The van der Waals surface area contributed by atoms with E-state index in [9.17, 15) is 19.1 Å². The van der Waals surface area contributed by atoms with Crippen LogP contribution in [0.4, 0.5) is 4.39 Å². The van der Waals surface area contributed by atoms with E-state index in [0.29, 0.717) is 29.8 Å². The average molecular weight is 411 g/mol. The number of aliphatic hydroxyl groups is 1. The molecule has 1 N–H and O–H groups in total. The number of rotatable bonds is 7. The van der Waals surface area contributed by atoms with Crippen LogP contribution in [-0.2, 0) is 9.59 Å². The smallest absolute Gasteiger partial charge is 0.295 e. The number of ketones is 1. The lowest BCUT2D eigenvalue weighted by Crippen LogP contribution is -2.38. The van der Waals surface area contributed by atoms with E-state index in [0.717, 1.165) is 13.1 Å². The highest BCUT2D eigenvalue weighted by Crippen LogP contribution is 2.39. The van der Waals surface area contributed by atoms with Gasteiger partial charge in [0.1, 0.15) is 11.6 Å². The van der Waals surface area contributed by atoms with Crippen molar-refractivity contribution in [2.45, 2.75) is 26.8 Å². The number of amides is 1. The molecule has 1 aromatic heterocycles. The fraction of sp³-hybridized carbons (Fsp3) is 0.348. The molecule has 158 valence electrons. The van der Waals surface area contributed by atoms with Crippen molar-refractivity contribution in [2.75, 3.05) is 26.2 Å². The molecule has 0 spiro atoms. The van der Waals surface area contributed by atoms with Gasteiger partial charge in [-0.05, 0) is 61.5 Å². The number of Topliss-reactive ketones (excluding diaryl/α,β-unsaturated/α-hetero) is 1. The summed E-state index contributed by atoms with van der Waals surface area (Å²) in [5.74, 6) is -2.10. The Labute approximate surface area is 175 Å². The Morgan fingerprint density at radius 2 is 1.83 bits per heavy atom. The van der Waals surface area contributed by atoms with Crippen molar-refractivity contribution in [1.82, 2.24) is 14.8 Å². The van der Waals surface area contributed by atoms with E-state index >= 15 is 0 Å². The molecule has 1 amide bonds. The van der Waals surface area contributed by atoms with Gasteiger partial charge in [0.05, 0.1) is 11.6 Å². The van der Waals surface area contributed by atoms with Crippen LogP contribution in [0.15, 0.2) is 48.3 Å². The summed E-state index contributed by atoms with van der Waals surface area (Å²) < 4.78 is 13.7. The molecule has 1 aromatic carbocycles. The zero-order valence-corrected chi connectivity index (χ0v) is 17.4. The SMILES string of the molecule is CCN(CC)CCN1C(=O)C(=O)/C(=C(\O)c2ccc(F)c(C)c2)C1c1ccncc1. The topological polar surface area (TPSA) is 73.7 Å². The highest BCUT2D eigenvalue weighted by molar-refractivity contribution is 6.46. The number of carbonyl (C=O) groups excluding carboxylic acids is 2. The van der Waals surface area contributed by atoms with E-state index in [-0.39, 0.29) is 11.3 Å². The summed E-state index contributed by atoms with van der Waals surface area (Å²) in [6.07, 6.45) is 3.17. The summed E-state index contributed by atoms with van der Waals surface area (Å²) in [7, 11) is 0. The largest absolute Gasteiger partial charge is 0.507 e. The van der Waals surface area contributed by atoms with Crippen LogP contribution in [0.3, 0.4) is 0 Å². The predicted octanol–water partition coefficient (Wildman–Crippen LogP) is 3.29. The van der Waals surface area contributed by atoms with E-state index in [1.165, 1.54) is 23.1 Å². The molecule has 1 fully saturated rings. The minimum absolute atomic E-state index is 0.0109. The van der Waals surface area contributed by atoms with Gasteiger partial charge in [0, 0.05) is 31.0 Å². The van der Waals surface area contributed by atoms with Crippen molar-refractivity contribution in [3.8, 4) is 0 Å². The first-order valence-corrected chi connectivity index (χ1v) is 10.1. The fourth-order valence-electron chi connectivity index (χ4n) is 3.74. The van der Waals surface area contributed by atoms with Gasteiger partial charge in [-0.1, -0.05) is 13.8 Å². The lowest BCUT2D eigenvalue weighted by Gasteiger charge is -2.28. The number of hydrogen-bond donors (Lipinski definition) is 1. The Morgan fingerprint density at radius 3 is 2.43 bits per heavy atom. The molecule has 1 aliphatic rings. The third-order valence-electron chi connectivity index (χ3n) is 5.54. The normalized spacial score (nSPS) is 18.4. The molecule has 6 nitrogen and oxygen atoms in total. The molecule has 0 bridgehead atoms. The molecular formula is C23H26FN3O3. The van der Waals surface area contributed by atoms with Gasteiger partial charge in [0.25, 0.3) is 11.7 Å². The third kappa shape index (κ3) is 4.11. The van der Waals surface area contributed by atoms with Gasteiger partial charge in [-0.15, -0.1) is 0 Å². The quantitative estimate of drug-likeness (QED) is 0.430. The van der Waals surface area contributed by atoms with E-state index in [2.05, 4.69) is 9.88 Å². The van der Waals surface area contributed by atoms with Gasteiger partial charge in [0.2, 0.25) is 0 Å². The number of carbonyl (C=O) groups is 2. The minimum atomic E-state index is -0.740. The summed E-state index contributed by atoms with van der Waals surface area (Å²) in [6, 6.07) is 6.84. The number of aliphatic hydroxyl groups excluding tert-OH is 1. The van der Waals surface area contributed by atoms with Crippen molar-refractivity contribution in [3.63, 3.8) is 0 Å². The second-order valence-corrected chi connectivity index (χ2v) is 7.26. The maximum absolute atomic E-state index is 13.7. The molecule has 30 heavy (non-hydrogen) atoms. The summed E-state index contributed by atoms with van der Waals surface area (Å²) in [5.41, 5.74) is 1.34. The summed E-state index contributed by atoms with van der Waals surface area (Å²) in [6.45, 7) is 8.26. The van der Waals surface area contributed by atoms with Crippen molar-refractivity contribution in [3.05, 3.63) is 70.8 Å². The number of aryl methyl sites for hydroxylation is 1. The van der Waals surface area contributed by atoms with E-state index < -0.39 is 23.5 Å². The first kappa shape index (κ1) is 21.6. The zero-order valence-electron chi connectivity index (χ0n) is 17.4. The monoisotopic (exact) mass is 411 g/mol. The third-order valence-corrected chi connectivity index (χ3v) is 5.54. The Bertz CT molecular complexity index is 971. The van der Waals surface area contributed by atoms with Crippen molar-refractivity contribution in [1.29, 1.82) is 0 Å². The average Bonchev–Trinajstić information content (AvgIpc) is 3.01. The lowest BCUT2D eigenvalue weighted by molar-refractivity contribution is -0.140. The van der Waals surface area contributed by atoms with Crippen LogP contribution in [0.25, 0.3) is 5.76 Å². The number of aromatic nitrogens is 1. The number of pyridine rings is 1. The summed E-state index contributed by atoms with van der Waals surface area (Å²) in [4.78, 5) is 33.5. The van der Waals surface area contributed by atoms with Crippen molar-refractivity contribution >= 4 is 17.4 Å². The predicted molar refractivity (Wildman–Crippen MR) is 112 cm³/mol. The van der Waals surface area contributed by atoms with Gasteiger partial charge < -0.3 is 14.9 Å². The van der Waals surface area contributed by atoms with E-state index in [1.54, 1.807) is 31.5 Å². The maximum atomic E-state index is 13.7. The minimum Gasteiger partial charge on any atom is -0.507 e. The number of nitrogens with zero attached hydrogens (tertiary/aromatic N) is 3. The van der Waals surface area contributed by atoms with Crippen LogP contribution in [0.2, 0.25) is 0 Å². The van der Waals surface area contributed by atoms with Gasteiger partial charge in [-0.25, -0.2) is 4.39 Å². The first-order valence-electron chi connectivity index (χ1n) is 10.1. The second kappa shape index (κ2) is 9.17. The Hall–Kier alpha value is -3.06. The zero-order chi connectivity index (χ0) is 21.8. The van der Waals surface area contributed by atoms with Crippen LogP contribution < -0.4 is 0 Å². The Balaban J connectivity index is 2.09. The summed E-state index contributed by atoms with van der Waals surface area (Å²) in [5, 5.41) is 11.0. The number of likely N-dealkylation sites (N-methyl/N-ethyl adjacent to an activating group) is 1. The fourth-order valence-corrected chi connectivity index (χ4v) is 3.74. The van der Waals surface area contributed by atoms with Crippen LogP contribution in [-0.4, -0.2) is 57.8 Å². The highest BCUT2D eigenvalue weighted by atomic mass is 19.1. The van der Waals surface area contributed by atoms with Gasteiger partial charge in [-0.3, -0.25) is 14.6 Å². The van der Waals surface area contributed by atoms with Crippen LogP contribution in [0, 0.1) is 12.7 Å². The Morgan fingerprint density at radius 1 is 1.17 bits per heavy atom. The molecule has 3 rings (SSSR count). The van der Waals surface area contributed by atoms with Crippen molar-refractivity contribution < 1.29 is 19.1 Å². The molecule has 2 heterocycles. The maximum Gasteiger partial charge on any atom is 0.295 e. The molecule has 1 aliphatic heterocycles.